The van der Waals surface area contributed by atoms with Crippen molar-refractivity contribution in [2.45, 2.75) is 6.54 Å². The third kappa shape index (κ3) is 5.76. The lowest BCUT2D eigenvalue weighted by atomic mass is 9.95. The molecule has 0 saturated carbocycles. The Morgan fingerprint density at radius 2 is 1.54 bits per heavy atom. The average molecular weight is 545 g/mol. The highest BCUT2D eigenvalue weighted by Crippen LogP contribution is 2.32. The van der Waals surface area contributed by atoms with Gasteiger partial charge in [0.25, 0.3) is 5.91 Å². The van der Waals surface area contributed by atoms with Gasteiger partial charge in [0, 0.05) is 36.1 Å². The minimum absolute atomic E-state index is 0.0559. The van der Waals surface area contributed by atoms with E-state index in [9.17, 15) is 18.0 Å². The Morgan fingerprint density at radius 1 is 0.923 bits per heavy atom. The highest BCUT2D eigenvalue weighted by molar-refractivity contribution is 7.91. The fourth-order valence-corrected chi connectivity index (χ4v) is 5.95. The van der Waals surface area contributed by atoms with Crippen molar-refractivity contribution in [1.82, 2.24) is 15.3 Å². The number of methoxy groups -OCH3 is 1. The van der Waals surface area contributed by atoms with Crippen LogP contribution in [-0.4, -0.2) is 62.0 Å². The molecule has 1 saturated heterocycles. The summed E-state index contributed by atoms with van der Waals surface area (Å²) in [6.07, 6.45) is -0.751. The van der Waals surface area contributed by atoms with Crippen LogP contribution < -0.4 is 10.4 Å². The van der Waals surface area contributed by atoms with Gasteiger partial charge in [-0.25, -0.2) is 18.2 Å². The second kappa shape index (κ2) is 11.2. The zero-order chi connectivity index (χ0) is 27.4. The van der Waals surface area contributed by atoms with E-state index in [2.05, 4.69) is 5.43 Å². The number of aromatic nitrogens is 1. The van der Waals surface area contributed by atoms with Crippen molar-refractivity contribution in [3.63, 3.8) is 0 Å². The first-order valence-electron chi connectivity index (χ1n) is 12.5. The van der Waals surface area contributed by atoms with Gasteiger partial charge in [0.15, 0.2) is 9.84 Å². The zero-order valence-corrected chi connectivity index (χ0v) is 22.2. The molecule has 10 heteroatoms. The zero-order valence-electron chi connectivity index (χ0n) is 21.4. The van der Waals surface area contributed by atoms with Crippen LogP contribution in [0.3, 0.4) is 0 Å². The number of amides is 2. The van der Waals surface area contributed by atoms with Crippen LogP contribution in [0.4, 0.5) is 10.5 Å². The highest BCUT2D eigenvalue weighted by atomic mass is 32.2. The minimum atomic E-state index is -3.08. The van der Waals surface area contributed by atoms with Crippen LogP contribution in [0.25, 0.3) is 22.2 Å². The van der Waals surface area contributed by atoms with E-state index < -0.39 is 21.8 Å². The van der Waals surface area contributed by atoms with E-state index >= 15 is 0 Å². The molecule has 3 aromatic carbocycles. The number of nitrogens with one attached hydrogen (secondary N) is 1. The van der Waals surface area contributed by atoms with Gasteiger partial charge >= 0.3 is 6.09 Å². The van der Waals surface area contributed by atoms with Crippen LogP contribution in [0.2, 0.25) is 0 Å². The number of anilines is 1. The molecule has 2 amide bonds. The van der Waals surface area contributed by atoms with Crippen LogP contribution in [-0.2, 0) is 21.1 Å². The lowest BCUT2D eigenvalue weighted by Gasteiger charge is -2.29. The summed E-state index contributed by atoms with van der Waals surface area (Å²) in [6, 6.07) is 25.6. The Hall–Kier alpha value is -4.28. The number of hydrazine groups is 1. The Kier molecular flexibility index (Phi) is 7.58. The number of sulfone groups is 1. The number of hydrogen-bond acceptors (Lipinski definition) is 7. The van der Waals surface area contributed by atoms with Crippen molar-refractivity contribution in [2.24, 2.45) is 0 Å². The molecule has 0 bridgehead atoms. The summed E-state index contributed by atoms with van der Waals surface area (Å²) in [6.45, 7) is 1.01. The summed E-state index contributed by atoms with van der Waals surface area (Å²) < 4.78 is 29.1. The van der Waals surface area contributed by atoms with E-state index in [0.717, 1.165) is 10.6 Å². The number of hydrogen-bond donors (Lipinski definition) is 1. The topological polar surface area (TPSA) is 109 Å². The van der Waals surface area contributed by atoms with Gasteiger partial charge in [0.05, 0.1) is 41.1 Å². The molecular formula is C29H28N4O5S. The van der Waals surface area contributed by atoms with Gasteiger partial charge in [-0.05, 0) is 18.2 Å². The van der Waals surface area contributed by atoms with Crippen LogP contribution in [0, 0.1) is 0 Å². The maximum atomic E-state index is 14.1. The molecule has 9 nitrogen and oxygen atoms in total. The number of benzene rings is 3. The van der Waals surface area contributed by atoms with Crippen LogP contribution in [0.5, 0.6) is 0 Å². The standard InChI is InChI=1S/C29H28N4O5S/c1-38-29(35)33(22-12-6-3-7-13-22)31-28(34)26-23-14-8-9-15-25(23)30-27(21-10-4-2-5-11-21)24(26)20-32-16-18-39(36,37)19-17-32/h2-15H,16-20H2,1H3,(H,31,34). The number of para-hydroxylation sites is 2. The lowest BCUT2D eigenvalue weighted by Crippen LogP contribution is -2.47. The van der Waals surface area contributed by atoms with E-state index in [1.54, 1.807) is 30.3 Å². The molecule has 1 N–H and O–H groups in total. The second-order valence-electron chi connectivity index (χ2n) is 9.21. The number of carbonyl (C=O) groups is 2. The lowest BCUT2D eigenvalue weighted by molar-refractivity contribution is 0.0940. The van der Waals surface area contributed by atoms with Gasteiger partial charge in [-0.2, -0.15) is 5.01 Å². The Balaban J connectivity index is 1.65. The van der Waals surface area contributed by atoms with Crippen molar-refractivity contribution in [3.05, 3.63) is 96.1 Å². The number of fused-ring (bicyclic) bond motifs is 1. The molecule has 200 valence electrons. The van der Waals surface area contributed by atoms with E-state index in [1.807, 2.05) is 59.5 Å². The largest absolute Gasteiger partial charge is 0.451 e. The second-order valence-corrected chi connectivity index (χ2v) is 11.5. The fraction of sp³-hybridized carbons (Fsp3) is 0.207. The maximum Gasteiger partial charge on any atom is 0.433 e. The SMILES string of the molecule is COC(=O)N(NC(=O)c1c(CN2CCS(=O)(=O)CC2)c(-c2ccccc2)nc2ccccc12)c1ccccc1. The molecule has 0 aliphatic carbocycles. The van der Waals surface area contributed by atoms with E-state index in [0.29, 0.717) is 53.0 Å². The van der Waals surface area contributed by atoms with Crippen LogP contribution in [0.15, 0.2) is 84.9 Å². The molecule has 0 radical (unpaired) electrons. The van der Waals surface area contributed by atoms with Crippen LogP contribution >= 0.6 is 0 Å². The molecule has 0 unspecified atom stereocenters. The first kappa shape index (κ1) is 26.3. The Morgan fingerprint density at radius 3 is 2.21 bits per heavy atom. The summed E-state index contributed by atoms with van der Waals surface area (Å²) in [4.78, 5) is 33.8. The predicted molar refractivity (Wildman–Crippen MR) is 150 cm³/mol. The normalized spacial score (nSPS) is 15.0. The summed E-state index contributed by atoms with van der Waals surface area (Å²) in [5.41, 5.74) is 6.25. The summed E-state index contributed by atoms with van der Waals surface area (Å²) in [5.74, 6) is -0.402. The molecule has 5 rings (SSSR count). The van der Waals surface area contributed by atoms with E-state index in [1.165, 1.54) is 7.11 Å². The first-order valence-corrected chi connectivity index (χ1v) is 14.3. The Bertz CT molecular complexity index is 1600. The molecule has 1 fully saturated rings. The molecule has 2 heterocycles. The van der Waals surface area contributed by atoms with Crippen molar-refractivity contribution in [2.75, 3.05) is 36.7 Å². The van der Waals surface area contributed by atoms with Crippen molar-refractivity contribution in [1.29, 1.82) is 0 Å². The number of ether oxygens (including phenoxy) is 1. The fourth-order valence-electron chi connectivity index (χ4n) is 4.67. The van der Waals surface area contributed by atoms with E-state index in [-0.39, 0.29) is 11.5 Å². The number of carbonyl (C=O) groups excluding carboxylic acids is 2. The third-order valence-electron chi connectivity index (χ3n) is 6.67. The average Bonchev–Trinajstić information content (AvgIpc) is 2.97. The third-order valence-corrected chi connectivity index (χ3v) is 8.28. The summed E-state index contributed by atoms with van der Waals surface area (Å²) in [7, 11) is -1.84. The predicted octanol–water partition coefficient (Wildman–Crippen LogP) is 4.05. The van der Waals surface area contributed by atoms with Gasteiger partial charge in [-0.15, -0.1) is 0 Å². The molecular weight excluding hydrogens is 516 g/mol. The van der Waals surface area contributed by atoms with Crippen LogP contribution in [0.1, 0.15) is 15.9 Å². The van der Waals surface area contributed by atoms with Gasteiger partial charge < -0.3 is 4.74 Å². The molecule has 0 atom stereocenters. The molecule has 0 spiro atoms. The summed E-state index contributed by atoms with van der Waals surface area (Å²) >= 11 is 0. The van der Waals surface area contributed by atoms with Crippen molar-refractivity contribution in [3.8, 4) is 11.3 Å². The van der Waals surface area contributed by atoms with Gasteiger partial charge in [0.2, 0.25) is 0 Å². The van der Waals surface area contributed by atoms with Gasteiger partial charge in [-0.1, -0.05) is 66.7 Å². The molecule has 4 aromatic rings. The molecule has 1 aliphatic rings. The number of rotatable bonds is 5. The molecule has 39 heavy (non-hydrogen) atoms. The molecule has 1 aromatic heterocycles. The smallest absolute Gasteiger partial charge is 0.433 e. The summed E-state index contributed by atoms with van der Waals surface area (Å²) in [5, 5.41) is 1.68. The first-order chi connectivity index (χ1) is 18.9. The van der Waals surface area contributed by atoms with Crippen molar-refractivity contribution < 1.29 is 22.7 Å². The maximum absolute atomic E-state index is 14.1. The van der Waals surface area contributed by atoms with Gasteiger partial charge in [-0.3, -0.25) is 15.1 Å². The minimum Gasteiger partial charge on any atom is -0.451 e. The molecule has 1 aliphatic heterocycles. The van der Waals surface area contributed by atoms with Crippen molar-refractivity contribution >= 4 is 38.4 Å². The highest BCUT2D eigenvalue weighted by Gasteiger charge is 2.29. The number of pyridine rings is 1. The Labute approximate surface area is 226 Å². The van der Waals surface area contributed by atoms with Gasteiger partial charge in [0.1, 0.15) is 0 Å². The quantitative estimate of drug-likeness (QED) is 0.378. The monoisotopic (exact) mass is 544 g/mol. The van der Waals surface area contributed by atoms with E-state index in [4.69, 9.17) is 9.72 Å². The number of nitrogens with zero attached hydrogens (tertiary/aromatic N) is 3.